The number of hydrogen-bond acceptors (Lipinski definition) is 3. The molecule has 0 aromatic carbocycles. The highest BCUT2D eigenvalue weighted by atomic mass is 16.5. The highest BCUT2D eigenvalue weighted by Gasteiger charge is 1.94. The minimum absolute atomic E-state index is 0.902. The van der Waals surface area contributed by atoms with Crippen molar-refractivity contribution in [2.75, 3.05) is 39.6 Å². The minimum Gasteiger partial charge on any atom is -0.381 e. The molecular formula is C19H40O3. The van der Waals surface area contributed by atoms with Gasteiger partial charge < -0.3 is 14.2 Å². The van der Waals surface area contributed by atoms with Crippen LogP contribution in [0.5, 0.6) is 0 Å². The molecule has 0 aromatic heterocycles. The van der Waals surface area contributed by atoms with E-state index in [1.807, 2.05) is 0 Å². The van der Waals surface area contributed by atoms with Crippen molar-refractivity contribution in [2.45, 2.75) is 84.5 Å². The first-order chi connectivity index (χ1) is 10.9. The van der Waals surface area contributed by atoms with Gasteiger partial charge >= 0.3 is 0 Å². The first kappa shape index (κ1) is 21.9. The molecule has 0 saturated heterocycles. The fourth-order valence-electron chi connectivity index (χ4n) is 2.25. The van der Waals surface area contributed by atoms with Crippen LogP contribution in [0.2, 0.25) is 0 Å². The van der Waals surface area contributed by atoms with Crippen molar-refractivity contribution in [1.82, 2.24) is 0 Å². The lowest BCUT2D eigenvalue weighted by molar-refractivity contribution is 0.106. The van der Waals surface area contributed by atoms with Gasteiger partial charge in [0.2, 0.25) is 0 Å². The van der Waals surface area contributed by atoms with E-state index in [1.54, 1.807) is 0 Å². The summed E-state index contributed by atoms with van der Waals surface area (Å²) in [6.45, 7) is 9.87. The Hall–Kier alpha value is -0.120. The van der Waals surface area contributed by atoms with E-state index in [4.69, 9.17) is 14.2 Å². The lowest BCUT2D eigenvalue weighted by Gasteiger charge is -2.06. The van der Waals surface area contributed by atoms with Gasteiger partial charge in [0.1, 0.15) is 0 Å². The Bertz CT molecular complexity index is 166. The number of ether oxygens (including phenoxy) is 3. The van der Waals surface area contributed by atoms with Crippen LogP contribution in [0.1, 0.15) is 84.5 Å². The zero-order valence-electron chi connectivity index (χ0n) is 15.2. The molecule has 3 heteroatoms. The second kappa shape index (κ2) is 20.9. The lowest BCUT2D eigenvalue weighted by atomic mass is 10.2. The van der Waals surface area contributed by atoms with Crippen LogP contribution in [0.15, 0.2) is 0 Å². The van der Waals surface area contributed by atoms with E-state index in [9.17, 15) is 0 Å². The molecule has 0 aliphatic heterocycles. The quantitative estimate of drug-likeness (QED) is 0.300. The monoisotopic (exact) mass is 316 g/mol. The second-order valence-corrected chi connectivity index (χ2v) is 6.02. The van der Waals surface area contributed by atoms with Gasteiger partial charge in [-0.1, -0.05) is 33.1 Å². The summed E-state index contributed by atoms with van der Waals surface area (Å²) in [5.41, 5.74) is 0. The van der Waals surface area contributed by atoms with Crippen LogP contribution >= 0.6 is 0 Å². The van der Waals surface area contributed by atoms with E-state index in [0.29, 0.717) is 0 Å². The van der Waals surface area contributed by atoms with Crippen molar-refractivity contribution in [1.29, 1.82) is 0 Å². The Balaban J connectivity index is 2.91. The van der Waals surface area contributed by atoms with Gasteiger partial charge in [0.15, 0.2) is 0 Å². The minimum atomic E-state index is 0.902. The molecule has 0 radical (unpaired) electrons. The molecule has 0 heterocycles. The Kier molecular flexibility index (Phi) is 20.8. The molecule has 3 nitrogen and oxygen atoms in total. The summed E-state index contributed by atoms with van der Waals surface area (Å²) in [6, 6.07) is 0. The molecule has 0 aromatic rings. The molecule has 0 saturated carbocycles. The topological polar surface area (TPSA) is 27.7 Å². The third-order valence-electron chi connectivity index (χ3n) is 3.65. The summed E-state index contributed by atoms with van der Waals surface area (Å²) < 4.78 is 16.7. The standard InChI is InChI=1S/C19H40O3/c1-3-5-6-9-16-21-17-12-8-13-19-22-18-11-7-10-15-20-14-4-2/h3-19H2,1-2H3. The molecule has 0 fully saturated rings. The maximum atomic E-state index is 5.65. The van der Waals surface area contributed by atoms with Crippen LogP contribution in [0.3, 0.4) is 0 Å². The Morgan fingerprint density at radius 1 is 0.364 bits per heavy atom. The van der Waals surface area contributed by atoms with Gasteiger partial charge in [-0.2, -0.15) is 0 Å². The summed E-state index contributed by atoms with van der Waals surface area (Å²) in [6.07, 6.45) is 13.4. The molecule has 0 aliphatic carbocycles. The number of hydrogen-bond donors (Lipinski definition) is 0. The van der Waals surface area contributed by atoms with Gasteiger partial charge in [-0.05, 0) is 51.4 Å². The van der Waals surface area contributed by atoms with Crippen molar-refractivity contribution in [3.63, 3.8) is 0 Å². The fourth-order valence-corrected chi connectivity index (χ4v) is 2.25. The molecule has 22 heavy (non-hydrogen) atoms. The second-order valence-electron chi connectivity index (χ2n) is 6.02. The van der Waals surface area contributed by atoms with Crippen LogP contribution in [-0.4, -0.2) is 39.6 Å². The molecule has 0 rings (SSSR count). The Morgan fingerprint density at radius 2 is 0.727 bits per heavy atom. The fraction of sp³-hybridized carbons (Fsp3) is 1.00. The van der Waals surface area contributed by atoms with Crippen molar-refractivity contribution < 1.29 is 14.2 Å². The van der Waals surface area contributed by atoms with Crippen LogP contribution in [0.4, 0.5) is 0 Å². The summed E-state index contributed by atoms with van der Waals surface area (Å²) in [5.74, 6) is 0. The summed E-state index contributed by atoms with van der Waals surface area (Å²) in [5, 5.41) is 0. The van der Waals surface area contributed by atoms with Crippen LogP contribution < -0.4 is 0 Å². The van der Waals surface area contributed by atoms with Gasteiger partial charge in [0, 0.05) is 39.6 Å². The average Bonchev–Trinajstić information content (AvgIpc) is 2.54. The molecule has 0 bridgehead atoms. The maximum absolute atomic E-state index is 5.65. The predicted octanol–water partition coefficient (Wildman–Crippen LogP) is 5.37. The highest BCUT2D eigenvalue weighted by Crippen LogP contribution is 2.02. The van der Waals surface area contributed by atoms with E-state index >= 15 is 0 Å². The van der Waals surface area contributed by atoms with Gasteiger partial charge in [0.25, 0.3) is 0 Å². The van der Waals surface area contributed by atoms with Gasteiger partial charge in [-0.25, -0.2) is 0 Å². The lowest BCUT2D eigenvalue weighted by Crippen LogP contribution is -2.01. The first-order valence-corrected chi connectivity index (χ1v) is 9.65. The SMILES string of the molecule is CCCCCCOCCCCCOCCCCCOCCC. The van der Waals surface area contributed by atoms with Gasteiger partial charge in [-0.15, -0.1) is 0 Å². The van der Waals surface area contributed by atoms with E-state index in [0.717, 1.165) is 52.5 Å². The summed E-state index contributed by atoms with van der Waals surface area (Å²) >= 11 is 0. The van der Waals surface area contributed by atoms with Crippen LogP contribution in [-0.2, 0) is 14.2 Å². The molecular weight excluding hydrogens is 276 g/mol. The number of unbranched alkanes of at least 4 members (excludes halogenated alkanes) is 7. The van der Waals surface area contributed by atoms with Crippen molar-refractivity contribution in [3.8, 4) is 0 Å². The first-order valence-electron chi connectivity index (χ1n) is 9.65. The Labute approximate surface area is 139 Å². The normalized spacial score (nSPS) is 11.2. The molecule has 0 amide bonds. The molecule has 0 spiro atoms. The zero-order valence-corrected chi connectivity index (χ0v) is 15.2. The van der Waals surface area contributed by atoms with E-state index < -0.39 is 0 Å². The van der Waals surface area contributed by atoms with E-state index in [2.05, 4.69) is 13.8 Å². The van der Waals surface area contributed by atoms with E-state index in [-0.39, 0.29) is 0 Å². The molecule has 134 valence electrons. The number of rotatable bonds is 19. The maximum Gasteiger partial charge on any atom is 0.0466 e. The molecule has 0 N–H and O–H groups in total. The largest absolute Gasteiger partial charge is 0.381 e. The van der Waals surface area contributed by atoms with Crippen molar-refractivity contribution in [2.24, 2.45) is 0 Å². The zero-order chi connectivity index (χ0) is 16.1. The molecule has 0 aliphatic rings. The Morgan fingerprint density at radius 3 is 1.09 bits per heavy atom. The third kappa shape index (κ3) is 19.9. The van der Waals surface area contributed by atoms with Crippen molar-refractivity contribution in [3.05, 3.63) is 0 Å². The smallest absolute Gasteiger partial charge is 0.0466 e. The average molecular weight is 317 g/mol. The van der Waals surface area contributed by atoms with Crippen LogP contribution in [0.25, 0.3) is 0 Å². The van der Waals surface area contributed by atoms with Crippen LogP contribution in [0, 0.1) is 0 Å². The van der Waals surface area contributed by atoms with Gasteiger partial charge in [0.05, 0.1) is 0 Å². The van der Waals surface area contributed by atoms with E-state index in [1.165, 1.54) is 57.8 Å². The highest BCUT2D eigenvalue weighted by molar-refractivity contribution is 4.44. The summed E-state index contributed by atoms with van der Waals surface area (Å²) in [7, 11) is 0. The molecule has 0 atom stereocenters. The van der Waals surface area contributed by atoms with Gasteiger partial charge in [-0.3, -0.25) is 0 Å². The molecule has 0 unspecified atom stereocenters. The predicted molar refractivity (Wildman–Crippen MR) is 94.6 cm³/mol. The van der Waals surface area contributed by atoms with Crippen molar-refractivity contribution >= 4 is 0 Å². The summed E-state index contributed by atoms with van der Waals surface area (Å²) in [4.78, 5) is 0. The third-order valence-corrected chi connectivity index (χ3v) is 3.65.